The molecule has 5 heteroatoms. The molecule has 13 heavy (non-hydrogen) atoms. The topological polar surface area (TPSA) is 92.4 Å². The molecule has 0 aromatic rings. The number of aliphatic carboxylic acids is 1. The quantitative estimate of drug-likeness (QED) is 0.545. The molecule has 0 saturated heterocycles. The number of nitrogens with one attached hydrogen (secondary N) is 1. The van der Waals surface area contributed by atoms with Gasteiger partial charge in [-0.1, -0.05) is 0 Å². The molecule has 0 saturated carbocycles. The van der Waals surface area contributed by atoms with Crippen molar-refractivity contribution in [2.75, 3.05) is 13.1 Å². The van der Waals surface area contributed by atoms with Crippen LogP contribution in [0.15, 0.2) is 0 Å². The fourth-order valence-corrected chi connectivity index (χ4v) is 0.615. The normalized spacial score (nSPS) is 11.0. The zero-order valence-electron chi connectivity index (χ0n) is 7.96. The van der Waals surface area contributed by atoms with Crippen LogP contribution >= 0.6 is 0 Å². The maximum atomic E-state index is 10.9. The Kier molecular flexibility index (Phi) is 4.40. The molecule has 4 N–H and O–H groups in total. The number of hydrogen-bond acceptors (Lipinski definition) is 3. The summed E-state index contributed by atoms with van der Waals surface area (Å²) in [5.74, 6) is -1.14. The molecule has 5 nitrogen and oxygen atoms in total. The van der Waals surface area contributed by atoms with Crippen LogP contribution < -0.4 is 11.1 Å². The number of carbonyl (C=O) groups is 2. The van der Waals surface area contributed by atoms with Crippen molar-refractivity contribution in [2.45, 2.75) is 20.3 Å². The molecule has 0 aromatic heterocycles. The first-order valence-corrected chi connectivity index (χ1v) is 4.10. The van der Waals surface area contributed by atoms with Crippen molar-refractivity contribution >= 4 is 11.9 Å². The second kappa shape index (κ2) is 4.81. The minimum atomic E-state index is -0.930. The van der Waals surface area contributed by atoms with Gasteiger partial charge in [0, 0.05) is 19.5 Å². The lowest BCUT2D eigenvalue weighted by Crippen LogP contribution is -2.39. The van der Waals surface area contributed by atoms with Crippen LogP contribution in [0.25, 0.3) is 0 Å². The predicted molar refractivity (Wildman–Crippen MR) is 48.1 cm³/mol. The molecular formula is C8H16N2O3. The van der Waals surface area contributed by atoms with Gasteiger partial charge in [-0.25, -0.2) is 0 Å². The highest BCUT2D eigenvalue weighted by Crippen LogP contribution is 2.12. The molecular weight excluding hydrogens is 172 g/mol. The van der Waals surface area contributed by atoms with Gasteiger partial charge in [0.15, 0.2) is 0 Å². The fourth-order valence-electron chi connectivity index (χ4n) is 0.615. The van der Waals surface area contributed by atoms with Gasteiger partial charge in [-0.3, -0.25) is 9.59 Å². The second-order valence-corrected chi connectivity index (χ2v) is 3.50. The molecule has 0 fully saturated rings. The molecule has 0 aliphatic heterocycles. The highest BCUT2D eigenvalue weighted by atomic mass is 16.4. The minimum absolute atomic E-state index is 0.126. The minimum Gasteiger partial charge on any atom is -0.481 e. The number of rotatable bonds is 5. The summed E-state index contributed by atoms with van der Waals surface area (Å²) in [6.45, 7) is 3.51. The van der Waals surface area contributed by atoms with E-state index in [1.54, 1.807) is 13.8 Å². The van der Waals surface area contributed by atoms with Gasteiger partial charge in [-0.05, 0) is 13.8 Å². The van der Waals surface area contributed by atoms with Crippen LogP contribution in [0.2, 0.25) is 0 Å². The number of carbonyl (C=O) groups excluding carboxylic acids is 1. The molecule has 1 amide bonds. The van der Waals surface area contributed by atoms with E-state index in [4.69, 9.17) is 10.8 Å². The summed E-state index contributed by atoms with van der Waals surface area (Å²) in [6, 6.07) is 0. The fraction of sp³-hybridized carbons (Fsp3) is 0.750. The molecule has 0 atom stereocenters. The van der Waals surface area contributed by atoms with Crippen molar-refractivity contribution in [2.24, 2.45) is 11.1 Å². The van der Waals surface area contributed by atoms with Gasteiger partial charge in [-0.2, -0.15) is 0 Å². The van der Waals surface area contributed by atoms with Crippen LogP contribution in [0, 0.1) is 5.41 Å². The molecule has 0 aromatic carbocycles. The first-order valence-electron chi connectivity index (χ1n) is 4.10. The monoisotopic (exact) mass is 188 g/mol. The van der Waals surface area contributed by atoms with Crippen molar-refractivity contribution < 1.29 is 14.7 Å². The Hall–Kier alpha value is -1.10. The largest absolute Gasteiger partial charge is 0.481 e. The third-order valence-electron chi connectivity index (χ3n) is 1.68. The van der Waals surface area contributed by atoms with E-state index in [0.717, 1.165) is 0 Å². The number of carboxylic acids is 1. The Labute approximate surface area is 77.3 Å². The zero-order chi connectivity index (χ0) is 10.5. The lowest BCUT2D eigenvalue weighted by Gasteiger charge is -2.19. The van der Waals surface area contributed by atoms with Gasteiger partial charge in [0.25, 0.3) is 0 Å². The summed E-state index contributed by atoms with van der Waals surface area (Å²) < 4.78 is 0. The van der Waals surface area contributed by atoms with E-state index in [9.17, 15) is 9.59 Å². The van der Waals surface area contributed by atoms with Crippen LogP contribution in [0.1, 0.15) is 20.3 Å². The number of carboxylic acid groups (broad SMARTS) is 1. The van der Waals surface area contributed by atoms with Crippen LogP contribution in [0.3, 0.4) is 0 Å². The average molecular weight is 188 g/mol. The Bertz CT molecular complexity index is 202. The van der Waals surface area contributed by atoms with Crippen molar-refractivity contribution in [1.82, 2.24) is 5.32 Å². The molecule has 0 aliphatic rings. The highest BCUT2D eigenvalue weighted by Gasteiger charge is 2.27. The summed E-state index contributed by atoms with van der Waals surface area (Å²) in [5.41, 5.74) is 4.23. The number of hydrogen-bond donors (Lipinski definition) is 3. The van der Waals surface area contributed by atoms with Crippen molar-refractivity contribution in [3.8, 4) is 0 Å². The summed E-state index contributed by atoms with van der Waals surface area (Å²) in [4.78, 5) is 21.5. The van der Waals surface area contributed by atoms with Crippen LogP contribution in [0.4, 0.5) is 0 Å². The summed E-state index contributed by atoms with van der Waals surface area (Å²) in [7, 11) is 0. The molecule has 0 aliphatic carbocycles. The van der Waals surface area contributed by atoms with Crippen LogP contribution in [-0.2, 0) is 9.59 Å². The molecule has 76 valence electrons. The van der Waals surface area contributed by atoms with Gasteiger partial charge in [-0.15, -0.1) is 0 Å². The highest BCUT2D eigenvalue weighted by molar-refractivity contribution is 5.78. The molecule has 0 radical (unpaired) electrons. The van der Waals surface area contributed by atoms with E-state index < -0.39 is 11.4 Å². The van der Waals surface area contributed by atoms with Crippen LogP contribution in [-0.4, -0.2) is 30.1 Å². The van der Waals surface area contributed by atoms with Gasteiger partial charge >= 0.3 is 5.97 Å². The summed E-state index contributed by atoms with van der Waals surface area (Å²) in [5, 5.41) is 11.2. The Balaban J connectivity index is 3.88. The standard InChI is InChI=1S/C8H16N2O3/c1-8(2,7(12)13)5-10-6(11)3-4-9/h3-5,9H2,1-2H3,(H,10,11)(H,12,13). The van der Waals surface area contributed by atoms with E-state index in [1.165, 1.54) is 0 Å². The van der Waals surface area contributed by atoms with Crippen molar-refractivity contribution in [1.29, 1.82) is 0 Å². The Morgan fingerprint density at radius 2 is 2.00 bits per heavy atom. The molecule has 0 rings (SSSR count). The van der Waals surface area contributed by atoms with E-state index >= 15 is 0 Å². The third-order valence-corrected chi connectivity index (χ3v) is 1.68. The summed E-state index contributed by atoms with van der Waals surface area (Å²) in [6.07, 6.45) is 0.232. The van der Waals surface area contributed by atoms with E-state index in [0.29, 0.717) is 0 Å². The number of nitrogens with two attached hydrogens (primary N) is 1. The van der Waals surface area contributed by atoms with Gasteiger partial charge in [0.2, 0.25) is 5.91 Å². The first-order chi connectivity index (χ1) is 5.90. The smallest absolute Gasteiger partial charge is 0.310 e. The lowest BCUT2D eigenvalue weighted by atomic mass is 9.94. The number of amides is 1. The lowest BCUT2D eigenvalue weighted by molar-refractivity contribution is -0.146. The van der Waals surface area contributed by atoms with E-state index in [1.807, 2.05) is 0 Å². The SMILES string of the molecule is CC(C)(CNC(=O)CCN)C(=O)O. The average Bonchev–Trinajstić information content (AvgIpc) is 2.01. The molecule has 0 spiro atoms. The zero-order valence-corrected chi connectivity index (χ0v) is 7.96. The van der Waals surface area contributed by atoms with Gasteiger partial charge in [0.05, 0.1) is 5.41 Å². The van der Waals surface area contributed by atoms with Crippen molar-refractivity contribution in [3.05, 3.63) is 0 Å². The van der Waals surface area contributed by atoms with E-state index in [-0.39, 0.29) is 25.4 Å². The second-order valence-electron chi connectivity index (χ2n) is 3.50. The van der Waals surface area contributed by atoms with Crippen molar-refractivity contribution in [3.63, 3.8) is 0 Å². The maximum absolute atomic E-state index is 10.9. The summed E-state index contributed by atoms with van der Waals surface area (Å²) >= 11 is 0. The Morgan fingerprint density at radius 3 is 2.38 bits per heavy atom. The Morgan fingerprint density at radius 1 is 1.46 bits per heavy atom. The molecule has 0 bridgehead atoms. The first kappa shape index (κ1) is 11.9. The van der Waals surface area contributed by atoms with Gasteiger partial charge < -0.3 is 16.2 Å². The van der Waals surface area contributed by atoms with Crippen LogP contribution in [0.5, 0.6) is 0 Å². The molecule has 0 heterocycles. The maximum Gasteiger partial charge on any atom is 0.310 e. The molecule has 0 unspecified atom stereocenters. The van der Waals surface area contributed by atoms with E-state index in [2.05, 4.69) is 5.32 Å². The predicted octanol–water partition coefficient (Wildman–Crippen LogP) is -0.438. The third kappa shape index (κ3) is 4.47. The van der Waals surface area contributed by atoms with Gasteiger partial charge in [0.1, 0.15) is 0 Å².